The van der Waals surface area contributed by atoms with Crippen LogP contribution in [0.4, 0.5) is 0 Å². The summed E-state index contributed by atoms with van der Waals surface area (Å²) in [6, 6.07) is 17.7. The lowest BCUT2D eigenvalue weighted by atomic mass is 10.1. The standard InChI is InChI=1S/C30H20S6/c1-13-21-22(34-23(13)25-15(3)27-29(35-25)17-9-5-7-11-19(17)31-27)14(2)24(33-21)26-16(4)28-30(36-26)18-10-6-8-12-20(18)32-28/h5-12H,1-4H3. The van der Waals surface area contributed by atoms with Crippen molar-refractivity contribution in [3.8, 4) is 19.5 Å². The number of thiophene rings is 6. The normalized spacial score (nSPS) is 12.4. The smallest absolute Gasteiger partial charge is 0.0539 e. The van der Waals surface area contributed by atoms with Crippen molar-refractivity contribution in [2.45, 2.75) is 27.7 Å². The van der Waals surface area contributed by atoms with Crippen LogP contribution in [-0.2, 0) is 0 Å². The van der Waals surface area contributed by atoms with Gasteiger partial charge in [0.15, 0.2) is 0 Å². The molecule has 2 aromatic carbocycles. The van der Waals surface area contributed by atoms with Crippen LogP contribution in [0.2, 0.25) is 0 Å². The highest BCUT2D eigenvalue weighted by molar-refractivity contribution is 7.38. The van der Waals surface area contributed by atoms with Crippen molar-refractivity contribution in [3.63, 3.8) is 0 Å². The molecule has 36 heavy (non-hydrogen) atoms. The molecule has 0 saturated heterocycles. The first-order valence-electron chi connectivity index (χ1n) is 11.9. The van der Waals surface area contributed by atoms with Crippen molar-refractivity contribution < 1.29 is 0 Å². The molecule has 0 nitrogen and oxygen atoms in total. The van der Waals surface area contributed by atoms with Crippen LogP contribution >= 0.6 is 68.0 Å². The van der Waals surface area contributed by atoms with Gasteiger partial charge in [-0.25, -0.2) is 0 Å². The molecule has 0 aliphatic rings. The highest BCUT2D eigenvalue weighted by atomic mass is 32.1. The molecule has 8 aromatic rings. The summed E-state index contributed by atoms with van der Waals surface area (Å²) in [6.45, 7) is 9.32. The lowest BCUT2D eigenvalue weighted by molar-refractivity contribution is 1.57. The maximum atomic E-state index is 2.34. The molecule has 0 aliphatic carbocycles. The van der Waals surface area contributed by atoms with Gasteiger partial charge >= 0.3 is 0 Å². The average Bonchev–Trinajstić information content (AvgIpc) is 3.69. The minimum atomic E-state index is 1.40. The summed E-state index contributed by atoms with van der Waals surface area (Å²) in [6.07, 6.45) is 0. The second-order valence-electron chi connectivity index (χ2n) is 9.40. The molecular formula is C30H20S6. The van der Waals surface area contributed by atoms with Gasteiger partial charge in [-0.15, -0.1) is 68.0 Å². The van der Waals surface area contributed by atoms with Gasteiger partial charge in [-0.2, -0.15) is 0 Å². The minimum Gasteiger partial charge on any atom is -0.134 e. The van der Waals surface area contributed by atoms with Gasteiger partial charge in [0.25, 0.3) is 0 Å². The van der Waals surface area contributed by atoms with Gasteiger partial charge in [0.2, 0.25) is 0 Å². The van der Waals surface area contributed by atoms with Crippen molar-refractivity contribution in [2.75, 3.05) is 0 Å². The second-order valence-corrected chi connectivity index (χ2v) is 15.6. The number of rotatable bonds is 2. The fraction of sp³-hybridized carbons (Fsp3) is 0.133. The van der Waals surface area contributed by atoms with Crippen LogP contribution in [0.3, 0.4) is 0 Å². The summed E-state index contributed by atoms with van der Waals surface area (Å²) in [7, 11) is 0. The number of aryl methyl sites for hydroxylation is 4. The summed E-state index contributed by atoms with van der Waals surface area (Å²) in [4.78, 5) is 5.87. The van der Waals surface area contributed by atoms with Crippen LogP contribution in [0.15, 0.2) is 48.5 Å². The quantitative estimate of drug-likeness (QED) is 0.193. The molecule has 0 amide bonds. The topological polar surface area (TPSA) is 0 Å². The van der Waals surface area contributed by atoms with E-state index in [-0.39, 0.29) is 0 Å². The van der Waals surface area contributed by atoms with Crippen LogP contribution in [0.1, 0.15) is 22.3 Å². The van der Waals surface area contributed by atoms with Gasteiger partial charge in [0, 0.05) is 58.5 Å². The summed E-state index contributed by atoms with van der Waals surface area (Å²) in [5.74, 6) is 0. The largest absolute Gasteiger partial charge is 0.134 e. The number of fused-ring (bicyclic) bond motifs is 7. The molecule has 0 N–H and O–H groups in total. The van der Waals surface area contributed by atoms with Gasteiger partial charge in [0.05, 0.1) is 9.40 Å². The third-order valence-corrected chi connectivity index (χ3v) is 16.0. The maximum absolute atomic E-state index is 2.34. The Morgan fingerprint density at radius 2 is 0.667 bits per heavy atom. The predicted molar refractivity (Wildman–Crippen MR) is 171 cm³/mol. The van der Waals surface area contributed by atoms with E-state index >= 15 is 0 Å². The Morgan fingerprint density at radius 1 is 0.361 bits per heavy atom. The Bertz CT molecular complexity index is 1990. The van der Waals surface area contributed by atoms with Crippen LogP contribution in [0.25, 0.3) is 67.9 Å². The fourth-order valence-electron chi connectivity index (χ4n) is 5.32. The highest BCUT2D eigenvalue weighted by Crippen LogP contribution is 2.55. The lowest BCUT2D eigenvalue weighted by Crippen LogP contribution is -1.75. The molecule has 176 valence electrons. The molecule has 0 unspecified atom stereocenters. The predicted octanol–water partition coefficient (Wildman–Crippen LogP) is 12.4. The Morgan fingerprint density at radius 3 is 1.06 bits per heavy atom. The summed E-state index contributed by atoms with van der Waals surface area (Å²) in [5, 5.41) is 2.82. The van der Waals surface area contributed by atoms with E-state index in [1.165, 1.54) is 90.1 Å². The van der Waals surface area contributed by atoms with Crippen LogP contribution in [-0.4, -0.2) is 0 Å². The Kier molecular flexibility index (Phi) is 4.72. The first-order chi connectivity index (χ1) is 17.5. The molecule has 0 radical (unpaired) electrons. The van der Waals surface area contributed by atoms with E-state index < -0.39 is 0 Å². The molecule has 0 saturated carbocycles. The van der Waals surface area contributed by atoms with Crippen molar-refractivity contribution in [2.24, 2.45) is 0 Å². The minimum absolute atomic E-state index is 1.40. The van der Waals surface area contributed by atoms with Gasteiger partial charge in [-0.05, 0) is 62.1 Å². The first-order valence-corrected chi connectivity index (χ1v) is 16.8. The van der Waals surface area contributed by atoms with Gasteiger partial charge in [-0.1, -0.05) is 36.4 Å². The molecule has 0 atom stereocenters. The average molecular weight is 573 g/mol. The summed E-state index contributed by atoms with van der Waals surface area (Å²) in [5.41, 5.74) is 5.81. The van der Waals surface area contributed by atoms with Gasteiger partial charge in [-0.3, -0.25) is 0 Å². The fourth-order valence-corrected chi connectivity index (χ4v) is 14.1. The van der Waals surface area contributed by atoms with Crippen molar-refractivity contribution in [1.82, 2.24) is 0 Å². The van der Waals surface area contributed by atoms with Gasteiger partial charge < -0.3 is 0 Å². The van der Waals surface area contributed by atoms with E-state index in [9.17, 15) is 0 Å². The van der Waals surface area contributed by atoms with Crippen LogP contribution in [0, 0.1) is 27.7 Å². The molecule has 8 rings (SSSR count). The molecule has 0 fully saturated rings. The van der Waals surface area contributed by atoms with E-state index in [1.54, 1.807) is 0 Å². The van der Waals surface area contributed by atoms with E-state index in [2.05, 4.69) is 76.2 Å². The van der Waals surface area contributed by atoms with E-state index in [0.717, 1.165) is 0 Å². The molecule has 6 aromatic heterocycles. The highest BCUT2D eigenvalue weighted by Gasteiger charge is 2.24. The third kappa shape index (κ3) is 2.83. The van der Waals surface area contributed by atoms with E-state index in [0.29, 0.717) is 0 Å². The monoisotopic (exact) mass is 572 g/mol. The Balaban J connectivity index is 1.31. The van der Waals surface area contributed by atoms with Crippen molar-refractivity contribution in [3.05, 3.63) is 70.8 Å². The molecule has 0 spiro atoms. The van der Waals surface area contributed by atoms with Gasteiger partial charge in [0.1, 0.15) is 0 Å². The first kappa shape index (κ1) is 22.0. The van der Waals surface area contributed by atoms with Crippen LogP contribution < -0.4 is 0 Å². The van der Waals surface area contributed by atoms with E-state index in [1.807, 2.05) is 68.0 Å². The molecular weight excluding hydrogens is 553 g/mol. The number of hydrogen-bond acceptors (Lipinski definition) is 6. The summed E-state index contributed by atoms with van der Waals surface area (Å²) >= 11 is 11.9. The van der Waals surface area contributed by atoms with E-state index in [4.69, 9.17) is 0 Å². The molecule has 0 bridgehead atoms. The molecule has 6 heteroatoms. The van der Waals surface area contributed by atoms with Crippen molar-refractivity contribution in [1.29, 1.82) is 0 Å². The molecule has 0 aliphatic heterocycles. The van der Waals surface area contributed by atoms with Crippen molar-refractivity contribution >= 4 is 116 Å². The Hall–Kier alpha value is -2.06. The maximum Gasteiger partial charge on any atom is 0.0539 e. The zero-order valence-electron chi connectivity index (χ0n) is 20.1. The number of benzene rings is 2. The molecule has 6 heterocycles. The SMILES string of the molecule is Cc1c(-c2sc3c(sc4ccccc43)c2C)sc2c(C)c(-c3sc4c(sc5ccccc54)c3C)sc12. The Labute approximate surface area is 232 Å². The zero-order chi connectivity index (χ0) is 24.3. The lowest BCUT2D eigenvalue weighted by Gasteiger charge is -2.01. The second kappa shape index (κ2) is 7.73. The third-order valence-electron chi connectivity index (χ3n) is 7.26. The number of hydrogen-bond donors (Lipinski definition) is 0. The van der Waals surface area contributed by atoms with Crippen LogP contribution in [0.5, 0.6) is 0 Å². The zero-order valence-corrected chi connectivity index (χ0v) is 25.0. The summed E-state index contributed by atoms with van der Waals surface area (Å²) < 4.78 is 11.6.